The van der Waals surface area contributed by atoms with E-state index in [4.69, 9.17) is 4.74 Å². The predicted octanol–water partition coefficient (Wildman–Crippen LogP) is 1.33. The second-order valence-electron chi connectivity index (χ2n) is 3.10. The molecule has 0 fully saturated rings. The van der Waals surface area contributed by atoms with Crippen LogP contribution in [0, 0.1) is 0 Å². The fourth-order valence-corrected chi connectivity index (χ4v) is 1.28. The Bertz CT molecular complexity index is 515. The van der Waals surface area contributed by atoms with Crippen LogP contribution in [-0.4, -0.2) is 14.8 Å². The molecule has 2 rings (SSSR count). The molecule has 0 spiro atoms. The summed E-state index contributed by atoms with van der Waals surface area (Å²) in [5.41, 5.74) is -0.333. The van der Waals surface area contributed by atoms with Gasteiger partial charge in [0.25, 0.3) is 0 Å². The molecular weight excluding hydrogens is 206 g/mol. The van der Waals surface area contributed by atoms with Gasteiger partial charge in [-0.15, -0.1) is 0 Å². The normalized spacial score (nSPS) is 12.0. The molecule has 5 nitrogen and oxygen atoms in total. The summed E-state index contributed by atoms with van der Waals surface area (Å²) in [4.78, 5) is 13.8. The summed E-state index contributed by atoms with van der Waals surface area (Å²) < 4.78 is 6.73. The maximum atomic E-state index is 11.3. The molecule has 0 saturated carbocycles. The van der Waals surface area contributed by atoms with E-state index in [9.17, 15) is 4.79 Å². The average Bonchev–Trinajstić information content (AvgIpc) is 2.74. The highest BCUT2D eigenvalue weighted by Crippen LogP contribution is 2.15. The monoisotopic (exact) mass is 217 g/mol. The van der Waals surface area contributed by atoms with Crippen LogP contribution in [0.1, 0.15) is 6.23 Å². The van der Waals surface area contributed by atoms with E-state index in [1.165, 1.54) is 17.1 Å². The van der Waals surface area contributed by atoms with Gasteiger partial charge in [0.05, 0.1) is 0 Å². The van der Waals surface area contributed by atoms with Crippen molar-refractivity contribution < 1.29 is 4.74 Å². The van der Waals surface area contributed by atoms with Crippen LogP contribution in [0.2, 0.25) is 0 Å². The highest BCUT2D eigenvalue weighted by atomic mass is 16.5. The van der Waals surface area contributed by atoms with Crippen molar-refractivity contribution in [3.8, 4) is 5.75 Å². The number of aromatic amines is 1. The van der Waals surface area contributed by atoms with Crippen LogP contribution in [0.4, 0.5) is 0 Å². The second kappa shape index (κ2) is 4.48. The van der Waals surface area contributed by atoms with Crippen LogP contribution in [0.15, 0.2) is 54.1 Å². The molecule has 1 aromatic carbocycles. The first kappa shape index (κ1) is 10.2. The molecule has 1 unspecified atom stereocenters. The summed E-state index contributed by atoms with van der Waals surface area (Å²) in [7, 11) is 0. The quantitative estimate of drug-likeness (QED) is 0.786. The summed E-state index contributed by atoms with van der Waals surface area (Å²) in [5.74, 6) is 0.655. The van der Waals surface area contributed by atoms with Gasteiger partial charge < -0.3 is 4.74 Å². The zero-order valence-corrected chi connectivity index (χ0v) is 8.54. The van der Waals surface area contributed by atoms with E-state index in [0.29, 0.717) is 5.75 Å². The van der Waals surface area contributed by atoms with E-state index in [2.05, 4.69) is 16.7 Å². The lowest BCUT2D eigenvalue weighted by Crippen LogP contribution is -2.26. The van der Waals surface area contributed by atoms with Gasteiger partial charge in [0.1, 0.15) is 12.1 Å². The van der Waals surface area contributed by atoms with Gasteiger partial charge in [-0.2, -0.15) is 9.78 Å². The van der Waals surface area contributed by atoms with E-state index in [0.717, 1.165) is 0 Å². The number of H-pyrrole nitrogens is 1. The Balaban J connectivity index is 2.23. The third kappa shape index (κ3) is 2.03. The first-order chi connectivity index (χ1) is 7.81. The summed E-state index contributed by atoms with van der Waals surface area (Å²) in [6, 6.07) is 9.18. The van der Waals surface area contributed by atoms with Gasteiger partial charge in [-0.3, -0.25) is 4.98 Å². The van der Waals surface area contributed by atoms with Gasteiger partial charge in [0.2, 0.25) is 6.23 Å². The molecule has 5 heteroatoms. The number of rotatable bonds is 4. The summed E-state index contributed by atoms with van der Waals surface area (Å²) >= 11 is 0. The molecule has 1 aromatic heterocycles. The lowest BCUT2D eigenvalue weighted by molar-refractivity contribution is 0.163. The van der Waals surface area contributed by atoms with E-state index in [1.807, 2.05) is 18.2 Å². The van der Waals surface area contributed by atoms with Crippen LogP contribution >= 0.6 is 0 Å². The van der Waals surface area contributed by atoms with Crippen molar-refractivity contribution in [2.24, 2.45) is 0 Å². The first-order valence-corrected chi connectivity index (χ1v) is 4.77. The molecule has 0 amide bonds. The van der Waals surface area contributed by atoms with E-state index in [-0.39, 0.29) is 5.69 Å². The van der Waals surface area contributed by atoms with Crippen molar-refractivity contribution in [2.75, 3.05) is 0 Å². The number of hydrogen-bond donors (Lipinski definition) is 1. The lowest BCUT2D eigenvalue weighted by atomic mass is 10.3. The number of nitrogens with zero attached hydrogens (tertiary/aromatic N) is 2. The smallest absolute Gasteiger partial charge is 0.346 e. The topological polar surface area (TPSA) is 59.9 Å². The van der Waals surface area contributed by atoms with Gasteiger partial charge in [0.15, 0.2) is 0 Å². The van der Waals surface area contributed by atoms with Crippen molar-refractivity contribution in [3.05, 3.63) is 59.8 Å². The fraction of sp³-hybridized carbons (Fsp3) is 0.0909. The third-order valence-electron chi connectivity index (χ3n) is 2.02. The Kier molecular flexibility index (Phi) is 2.86. The third-order valence-corrected chi connectivity index (χ3v) is 2.02. The van der Waals surface area contributed by atoms with Crippen LogP contribution in [0.3, 0.4) is 0 Å². The molecule has 2 aromatic rings. The standard InChI is InChI=1S/C11H11N3O2/c1-2-10(14-11(15)12-8-13-14)16-9-6-4-3-5-7-9/h2-8,10H,1H2,(H,12,13,15). The Morgan fingerprint density at radius 3 is 2.75 bits per heavy atom. The summed E-state index contributed by atoms with van der Waals surface area (Å²) in [6.45, 7) is 3.62. The zero-order valence-electron chi connectivity index (χ0n) is 8.54. The van der Waals surface area contributed by atoms with Crippen LogP contribution in [-0.2, 0) is 0 Å². The summed E-state index contributed by atoms with van der Waals surface area (Å²) in [5, 5.41) is 3.84. The minimum atomic E-state index is -0.610. The van der Waals surface area contributed by atoms with Gasteiger partial charge in [-0.1, -0.05) is 24.8 Å². The Morgan fingerprint density at radius 1 is 1.44 bits per heavy atom. The van der Waals surface area contributed by atoms with Gasteiger partial charge in [-0.05, 0) is 18.2 Å². The largest absolute Gasteiger partial charge is 0.465 e. The van der Waals surface area contributed by atoms with E-state index >= 15 is 0 Å². The Morgan fingerprint density at radius 2 is 2.19 bits per heavy atom. The minimum Gasteiger partial charge on any atom is -0.465 e. The molecule has 82 valence electrons. The number of benzene rings is 1. The van der Waals surface area contributed by atoms with Crippen LogP contribution < -0.4 is 10.4 Å². The first-order valence-electron chi connectivity index (χ1n) is 4.77. The maximum Gasteiger partial charge on any atom is 0.346 e. The molecule has 1 N–H and O–H groups in total. The van der Waals surface area contributed by atoms with E-state index in [1.54, 1.807) is 12.1 Å². The van der Waals surface area contributed by atoms with Crippen molar-refractivity contribution in [1.82, 2.24) is 14.8 Å². The van der Waals surface area contributed by atoms with Crippen LogP contribution in [0.25, 0.3) is 0 Å². The van der Waals surface area contributed by atoms with Gasteiger partial charge >= 0.3 is 5.69 Å². The molecule has 0 bridgehead atoms. The molecule has 1 heterocycles. The Hall–Kier alpha value is -2.30. The second-order valence-corrected chi connectivity index (χ2v) is 3.10. The highest BCUT2D eigenvalue weighted by molar-refractivity contribution is 5.21. The van der Waals surface area contributed by atoms with Crippen molar-refractivity contribution in [2.45, 2.75) is 6.23 Å². The molecule has 0 aliphatic carbocycles. The number of nitrogens with one attached hydrogen (secondary N) is 1. The van der Waals surface area contributed by atoms with Crippen LogP contribution in [0.5, 0.6) is 5.75 Å². The minimum absolute atomic E-state index is 0.333. The maximum absolute atomic E-state index is 11.3. The summed E-state index contributed by atoms with van der Waals surface area (Å²) in [6.07, 6.45) is 2.21. The number of ether oxygens (including phenoxy) is 1. The molecular formula is C11H11N3O2. The molecule has 0 aliphatic rings. The SMILES string of the molecule is C=CC(Oc1ccccc1)n1nc[nH]c1=O. The average molecular weight is 217 g/mol. The predicted molar refractivity (Wildman–Crippen MR) is 59.2 cm³/mol. The molecule has 16 heavy (non-hydrogen) atoms. The number of para-hydroxylation sites is 1. The van der Waals surface area contributed by atoms with Crippen molar-refractivity contribution >= 4 is 0 Å². The van der Waals surface area contributed by atoms with E-state index < -0.39 is 6.23 Å². The molecule has 0 radical (unpaired) electrons. The zero-order chi connectivity index (χ0) is 11.4. The molecule has 1 atom stereocenters. The lowest BCUT2D eigenvalue weighted by Gasteiger charge is -2.14. The number of hydrogen-bond acceptors (Lipinski definition) is 3. The highest BCUT2D eigenvalue weighted by Gasteiger charge is 2.11. The van der Waals surface area contributed by atoms with Crippen molar-refractivity contribution in [1.29, 1.82) is 0 Å². The molecule has 0 saturated heterocycles. The number of aromatic nitrogens is 3. The van der Waals surface area contributed by atoms with Gasteiger partial charge in [0, 0.05) is 0 Å². The fourth-order valence-electron chi connectivity index (χ4n) is 1.28. The Labute approximate surface area is 92.0 Å². The van der Waals surface area contributed by atoms with Gasteiger partial charge in [-0.25, -0.2) is 4.79 Å². The molecule has 0 aliphatic heterocycles. The van der Waals surface area contributed by atoms with Crippen molar-refractivity contribution in [3.63, 3.8) is 0 Å².